The number of hydrogen-bond acceptors (Lipinski definition) is 5. The first kappa shape index (κ1) is 14.5. The van der Waals surface area contributed by atoms with E-state index in [1.807, 2.05) is 0 Å². The van der Waals surface area contributed by atoms with Crippen molar-refractivity contribution in [3.63, 3.8) is 0 Å². The van der Waals surface area contributed by atoms with Crippen LogP contribution < -0.4 is 4.90 Å². The van der Waals surface area contributed by atoms with Gasteiger partial charge in [-0.2, -0.15) is 0 Å². The molecule has 2 heterocycles. The second kappa shape index (κ2) is 6.04. The number of carboxylic acid groups (broad SMARTS) is 1. The van der Waals surface area contributed by atoms with E-state index in [0.29, 0.717) is 24.5 Å². The van der Waals surface area contributed by atoms with E-state index in [2.05, 4.69) is 4.98 Å². The average Bonchev–Trinajstić information content (AvgIpc) is 2.78. The number of carbonyl (C=O) groups excluding carboxylic acids is 2. The maximum atomic E-state index is 11.9. The first-order valence-corrected chi connectivity index (χ1v) is 7.09. The molecule has 1 fully saturated rings. The average molecular weight is 294 g/mol. The molecule has 2 rings (SSSR count). The first-order chi connectivity index (χ1) is 9.47. The Morgan fingerprint density at radius 1 is 1.50 bits per heavy atom. The lowest BCUT2D eigenvalue weighted by Gasteiger charge is -2.15. The molecular formula is C13H14N2O4S. The van der Waals surface area contributed by atoms with Gasteiger partial charge in [0.2, 0.25) is 5.91 Å². The highest BCUT2D eigenvalue weighted by Gasteiger charge is 2.31. The molecule has 0 aromatic carbocycles. The number of hydrogen-bond donors (Lipinski definition) is 1. The molecule has 0 radical (unpaired) electrons. The molecule has 0 aliphatic carbocycles. The quantitative estimate of drug-likeness (QED) is 0.903. The summed E-state index contributed by atoms with van der Waals surface area (Å²) in [6.45, 7) is 2.02. The van der Waals surface area contributed by atoms with Crippen LogP contribution >= 0.6 is 11.8 Å². The van der Waals surface area contributed by atoms with Crippen molar-refractivity contribution in [2.45, 2.75) is 13.3 Å². The Labute approximate surface area is 120 Å². The van der Waals surface area contributed by atoms with Crippen LogP contribution in [0.3, 0.4) is 0 Å². The number of rotatable bonds is 4. The Morgan fingerprint density at radius 3 is 2.80 bits per heavy atom. The smallest absolute Gasteiger partial charge is 0.337 e. The Hall–Kier alpha value is -1.89. The summed E-state index contributed by atoms with van der Waals surface area (Å²) in [6.07, 6.45) is 1.63. The van der Waals surface area contributed by atoms with Crippen molar-refractivity contribution in [1.29, 1.82) is 0 Å². The predicted octanol–water partition coefficient (Wildman–Crippen LogP) is 1.41. The van der Waals surface area contributed by atoms with Crippen molar-refractivity contribution in [1.82, 2.24) is 4.98 Å². The van der Waals surface area contributed by atoms with Crippen molar-refractivity contribution >= 4 is 34.6 Å². The van der Waals surface area contributed by atoms with Gasteiger partial charge in [-0.1, -0.05) is 11.8 Å². The van der Waals surface area contributed by atoms with Crippen LogP contribution in [0.25, 0.3) is 0 Å². The van der Waals surface area contributed by atoms with E-state index in [0.717, 1.165) is 0 Å². The molecule has 7 heteroatoms. The molecule has 1 aliphatic rings. The van der Waals surface area contributed by atoms with Crippen LogP contribution in [0, 0.1) is 5.92 Å². The van der Waals surface area contributed by atoms with Gasteiger partial charge >= 0.3 is 5.97 Å². The SMILES string of the molecule is CC(=O)SCC1CC(=O)N(c2ccc(C(=O)O)cn2)C1. The van der Waals surface area contributed by atoms with Gasteiger partial charge in [0.1, 0.15) is 5.82 Å². The van der Waals surface area contributed by atoms with Gasteiger partial charge in [0, 0.05) is 31.8 Å². The maximum Gasteiger partial charge on any atom is 0.337 e. The molecule has 1 unspecified atom stereocenters. The van der Waals surface area contributed by atoms with Crippen LogP contribution in [-0.2, 0) is 9.59 Å². The van der Waals surface area contributed by atoms with Gasteiger partial charge in [-0.25, -0.2) is 9.78 Å². The highest BCUT2D eigenvalue weighted by atomic mass is 32.2. The van der Waals surface area contributed by atoms with Crippen LogP contribution in [0.2, 0.25) is 0 Å². The van der Waals surface area contributed by atoms with E-state index in [-0.39, 0.29) is 22.5 Å². The molecule has 1 aliphatic heterocycles. The molecule has 1 amide bonds. The van der Waals surface area contributed by atoms with Crippen molar-refractivity contribution in [3.8, 4) is 0 Å². The highest BCUT2D eigenvalue weighted by Crippen LogP contribution is 2.26. The van der Waals surface area contributed by atoms with Gasteiger partial charge < -0.3 is 5.11 Å². The second-order valence-electron chi connectivity index (χ2n) is 4.59. The van der Waals surface area contributed by atoms with E-state index >= 15 is 0 Å². The minimum atomic E-state index is -1.05. The van der Waals surface area contributed by atoms with Gasteiger partial charge in [0.05, 0.1) is 5.56 Å². The molecule has 1 saturated heterocycles. The van der Waals surface area contributed by atoms with Gasteiger partial charge in [-0.3, -0.25) is 14.5 Å². The maximum absolute atomic E-state index is 11.9. The van der Waals surface area contributed by atoms with Crippen LogP contribution in [0.1, 0.15) is 23.7 Å². The summed E-state index contributed by atoms with van der Waals surface area (Å²) in [7, 11) is 0. The van der Waals surface area contributed by atoms with Crippen molar-refractivity contribution in [2.75, 3.05) is 17.2 Å². The third-order valence-electron chi connectivity index (χ3n) is 3.00. The first-order valence-electron chi connectivity index (χ1n) is 6.10. The van der Waals surface area contributed by atoms with Crippen LogP contribution in [-0.4, -0.2) is 39.4 Å². The fourth-order valence-corrected chi connectivity index (χ4v) is 2.72. The van der Waals surface area contributed by atoms with Gasteiger partial charge in [-0.05, 0) is 18.1 Å². The Morgan fingerprint density at radius 2 is 2.25 bits per heavy atom. The zero-order valence-corrected chi connectivity index (χ0v) is 11.7. The fourth-order valence-electron chi connectivity index (χ4n) is 2.02. The summed E-state index contributed by atoms with van der Waals surface area (Å²) in [5.41, 5.74) is 0.0871. The number of nitrogens with zero attached hydrogens (tertiary/aromatic N) is 2. The zero-order chi connectivity index (χ0) is 14.7. The summed E-state index contributed by atoms with van der Waals surface area (Å²) >= 11 is 1.22. The Bertz CT molecular complexity index is 544. The summed E-state index contributed by atoms with van der Waals surface area (Å²) in [5.74, 6) is 0.0973. The third kappa shape index (κ3) is 3.36. The number of aromatic carboxylic acids is 1. The molecule has 0 spiro atoms. The van der Waals surface area contributed by atoms with Crippen molar-refractivity contribution in [3.05, 3.63) is 23.9 Å². The third-order valence-corrected chi connectivity index (χ3v) is 4.04. The number of amides is 1. The molecular weight excluding hydrogens is 280 g/mol. The zero-order valence-electron chi connectivity index (χ0n) is 10.9. The Kier molecular flexibility index (Phi) is 4.39. The molecule has 1 atom stereocenters. The lowest BCUT2D eigenvalue weighted by molar-refractivity contribution is -0.117. The van der Waals surface area contributed by atoms with Crippen molar-refractivity contribution < 1.29 is 19.5 Å². The Balaban J connectivity index is 2.03. The fraction of sp³-hybridized carbons (Fsp3) is 0.385. The number of anilines is 1. The molecule has 0 saturated carbocycles. The highest BCUT2D eigenvalue weighted by molar-refractivity contribution is 8.13. The minimum absolute atomic E-state index is 0.0415. The molecule has 106 valence electrons. The van der Waals surface area contributed by atoms with Crippen LogP contribution in [0.15, 0.2) is 18.3 Å². The van der Waals surface area contributed by atoms with Gasteiger partial charge in [0.15, 0.2) is 5.12 Å². The number of thioether (sulfide) groups is 1. The summed E-state index contributed by atoms with van der Waals surface area (Å²) < 4.78 is 0. The second-order valence-corrected chi connectivity index (χ2v) is 5.78. The van der Waals surface area contributed by atoms with E-state index in [4.69, 9.17) is 5.11 Å². The summed E-state index contributed by atoms with van der Waals surface area (Å²) in [5, 5.41) is 8.84. The number of carbonyl (C=O) groups is 3. The predicted molar refractivity (Wildman–Crippen MR) is 74.8 cm³/mol. The summed E-state index contributed by atoms with van der Waals surface area (Å²) in [4.78, 5) is 39.2. The van der Waals surface area contributed by atoms with Gasteiger partial charge in [-0.15, -0.1) is 0 Å². The largest absolute Gasteiger partial charge is 0.478 e. The normalized spacial score (nSPS) is 18.4. The molecule has 20 heavy (non-hydrogen) atoms. The lowest BCUT2D eigenvalue weighted by Crippen LogP contribution is -2.25. The van der Waals surface area contributed by atoms with E-state index in [1.54, 1.807) is 0 Å². The lowest BCUT2D eigenvalue weighted by atomic mass is 10.1. The molecule has 0 bridgehead atoms. The van der Waals surface area contributed by atoms with Crippen molar-refractivity contribution in [2.24, 2.45) is 5.92 Å². The minimum Gasteiger partial charge on any atom is -0.478 e. The molecule has 6 nitrogen and oxygen atoms in total. The van der Waals surface area contributed by atoms with Crippen LogP contribution in [0.4, 0.5) is 5.82 Å². The monoisotopic (exact) mass is 294 g/mol. The van der Waals surface area contributed by atoms with E-state index < -0.39 is 5.97 Å². The topological polar surface area (TPSA) is 87.6 Å². The van der Waals surface area contributed by atoms with E-state index in [9.17, 15) is 14.4 Å². The molecule has 1 aromatic heterocycles. The molecule has 1 aromatic rings. The number of carboxylic acids is 1. The number of aromatic nitrogens is 1. The standard InChI is InChI=1S/C13H14N2O4S/c1-8(16)20-7-9-4-12(17)15(6-9)11-3-2-10(5-14-11)13(18)19/h2-3,5,9H,4,6-7H2,1H3,(H,18,19). The number of pyridine rings is 1. The van der Waals surface area contributed by atoms with Gasteiger partial charge in [0.25, 0.3) is 0 Å². The van der Waals surface area contributed by atoms with E-state index in [1.165, 1.54) is 41.9 Å². The molecule has 1 N–H and O–H groups in total. The summed E-state index contributed by atoms with van der Waals surface area (Å²) in [6, 6.07) is 2.96. The van der Waals surface area contributed by atoms with Crippen LogP contribution in [0.5, 0.6) is 0 Å².